The molecule has 0 amide bonds. The highest BCUT2D eigenvalue weighted by Gasteiger charge is 2.15. The van der Waals surface area contributed by atoms with Crippen molar-refractivity contribution in [2.24, 2.45) is 5.73 Å². The van der Waals surface area contributed by atoms with Gasteiger partial charge < -0.3 is 20.0 Å². The van der Waals surface area contributed by atoms with E-state index in [-0.39, 0.29) is 6.04 Å². The molecule has 0 saturated carbocycles. The quantitative estimate of drug-likeness (QED) is 0.745. The Morgan fingerprint density at radius 3 is 3.18 bits per heavy atom. The zero-order chi connectivity index (χ0) is 12.1. The summed E-state index contributed by atoms with van der Waals surface area (Å²) in [7, 11) is 1.63. The maximum atomic E-state index is 5.95. The lowest BCUT2D eigenvalue weighted by Crippen LogP contribution is -2.14. The molecule has 0 aliphatic carbocycles. The molecule has 1 unspecified atom stereocenters. The van der Waals surface area contributed by atoms with Gasteiger partial charge in [-0.15, -0.1) is 0 Å². The van der Waals surface area contributed by atoms with Crippen molar-refractivity contribution in [2.45, 2.75) is 18.9 Å². The first-order chi connectivity index (χ1) is 8.29. The second kappa shape index (κ2) is 5.55. The van der Waals surface area contributed by atoms with Crippen molar-refractivity contribution in [1.29, 1.82) is 0 Å². The first kappa shape index (κ1) is 11.7. The van der Waals surface area contributed by atoms with E-state index in [0.29, 0.717) is 31.2 Å². The molecule has 2 aromatic rings. The number of hydrogen-bond acceptors (Lipinski definition) is 6. The fourth-order valence-electron chi connectivity index (χ4n) is 1.43. The number of nitrogens with two attached hydrogens (primary N) is 1. The van der Waals surface area contributed by atoms with E-state index in [2.05, 4.69) is 20.1 Å². The average Bonchev–Trinajstić information content (AvgIpc) is 2.96. The zero-order valence-electron chi connectivity index (χ0n) is 9.59. The third kappa shape index (κ3) is 3.11. The number of aromatic amines is 1. The largest absolute Gasteiger partial charge is 0.384 e. The molecule has 0 saturated heterocycles. The number of methoxy groups -OCH3 is 1. The first-order valence-electron chi connectivity index (χ1n) is 5.34. The molecule has 0 radical (unpaired) electrons. The molecular weight excluding hydrogens is 222 g/mol. The molecule has 2 heterocycles. The summed E-state index contributed by atoms with van der Waals surface area (Å²) < 4.78 is 10.0. The highest BCUT2D eigenvalue weighted by atomic mass is 16.5. The predicted molar refractivity (Wildman–Crippen MR) is 59.1 cm³/mol. The third-order valence-corrected chi connectivity index (χ3v) is 2.33. The average molecular weight is 237 g/mol. The maximum absolute atomic E-state index is 5.95. The standard InChI is InChI=1S/C10H15N5O2/c1-16-3-2-9-14-10(17-15-9)8(11)4-7-5-12-6-13-7/h5-6,8H,2-4,11H2,1H3,(H,12,13). The minimum atomic E-state index is -0.320. The normalized spacial score (nSPS) is 12.8. The van der Waals surface area contributed by atoms with E-state index >= 15 is 0 Å². The molecule has 0 bridgehead atoms. The molecule has 1 atom stereocenters. The van der Waals surface area contributed by atoms with Crippen LogP contribution in [0.4, 0.5) is 0 Å². The summed E-state index contributed by atoms with van der Waals surface area (Å²) in [5.41, 5.74) is 6.89. The summed E-state index contributed by atoms with van der Waals surface area (Å²) in [5.74, 6) is 1.05. The van der Waals surface area contributed by atoms with Crippen LogP contribution in [0.25, 0.3) is 0 Å². The van der Waals surface area contributed by atoms with Gasteiger partial charge in [0.05, 0.1) is 19.0 Å². The van der Waals surface area contributed by atoms with Crippen molar-refractivity contribution < 1.29 is 9.26 Å². The van der Waals surface area contributed by atoms with E-state index in [0.717, 1.165) is 5.69 Å². The summed E-state index contributed by atoms with van der Waals surface area (Å²) in [5, 5.41) is 3.83. The number of nitrogens with one attached hydrogen (secondary N) is 1. The van der Waals surface area contributed by atoms with Crippen molar-refractivity contribution >= 4 is 0 Å². The van der Waals surface area contributed by atoms with Crippen LogP contribution in [-0.4, -0.2) is 33.8 Å². The summed E-state index contributed by atoms with van der Waals surface area (Å²) in [4.78, 5) is 11.1. The van der Waals surface area contributed by atoms with E-state index in [4.69, 9.17) is 15.0 Å². The van der Waals surface area contributed by atoms with Gasteiger partial charge in [-0.2, -0.15) is 4.98 Å². The summed E-state index contributed by atoms with van der Waals surface area (Å²) in [6, 6.07) is -0.320. The van der Waals surface area contributed by atoms with Crippen LogP contribution in [0.3, 0.4) is 0 Å². The SMILES string of the molecule is COCCc1noc(C(N)Cc2cnc[nH]2)n1. The highest BCUT2D eigenvalue weighted by molar-refractivity contribution is 5.02. The van der Waals surface area contributed by atoms with Crippen LogP contribution >= 0.6 is 0 Å². The van der Waals surface area contributed by atoms with Gasteiger partial charge in [0.1, 0.15) is 0 Å². The predicted octanol–water partition coefficient (Wildman–Crippen LogP) is 0.224. The topological polar surface area (TPSA) is 103 Å². The molecule has 0 aromatic carbocycles. The minimum absolute atomic E-state index is 0.320. The van der Waals surface area contributed by atoms with Crippen molar-refractivity contribution in [3.8, 4) is 0 Å². The highest BCUT2D eigenvalue weighted by Crippen LogP contribution is 2.12. The smallest absolute Gasteiger partial charge is 0.243 e. The van der Waals surface area contributed by atoms with Crippen molar-refractivity contribution in [1.82, 2.24) is 20.1 Å². The first-order valence-corrected chi connectivity index (χ1v) is 5.34. The lowest BCUT2D eigenvalue weighted by molar-refractivity contribution is 0.199. The minimum Gasteiger partial charge on any atom is -0.384 e. The van der Waals surface area contributed by atoms with Gasteiger partial charge in [0, 0.05) is 31.8 Å². The van der Waals surface area contributed by atoms with E-state index in [1.165, 1.54) is 0 Å². The molecule has 0 aliphatic heterocycles. The van der Waals surface area contributed by atoms with Crippen molar-refractivity contribution in [2.75, 3.05) is 13.7 Å². The van der Waals surface area contributed by atoms with Gasteiger partial charge in [-0.25, -0.2) is 4.98 Å². The van der Waals surface area contributed by atoms with Crippen molar-refractivity contribution in [3.63, 3.8) is 0 Å². The van der Waals surface area contributed by atoms with Gasteiger partial charge in [-0.1, -0.05) is 5.16 Å². The molecule has 2 rings (SSSR count). The van der Waals surface area contributed by atoms with Gasteiger partial charge in [-0.05, 0) is 0 Å². The van der Waals surface area contributed by atoms with Gasteiger partial charge in [0.15, 0.2) is 5.82 Å². The zero-order valence-corrected chi connectivity index (χ0v) is 9.59. The molecule has 17 heavy (non-hydrogen) atoms. The Morgan fingerprint density at radius 1 is 1.59 bits per heavy atom. The molecule has 0 fully saturated rings. The third-order valence-electron chi connectivity index (χ3n) is 2.33. The lowest BCUT2D eigenvalue weighted by atomic mass is 10.2. The Labute approximate surface area is 98.4 Å². The van der Waals surface area contributed by atoms with Gasteiger partial charge in [0.2, 0.25) is 5.89 Å². The molecule has 7 nitrogen and oxygen atoms in total. The molecule has 7 heteroatoms. The van der Waals surface area contributed by atoms with Crippen LogP contribution in [0.2, 0.25) is 0 Å². The number of ether oxygens (including phenoxy) is 1. The fraction of sp³-hybridized carbons (Fsp3) is 0.500. The van der Waals surface area contributed by atoms with E-state index < -0.39 is 0 Å². The monoisotopic (exact) mass is 237 g/mol. The van der Waals surface area contributed by atoms with Crippen LogP contribution < -0.4 is 5.73 Å². The second-order valence-corrected chi connectivity index (χ2v) is 3.68. The number of imidazole rings is 1. The Balaban J connectivity index is 1.94. The Bertz CT molecular complexity index is 439. The van der Waals surface area contributed by atoms with E-state index in [1.54, 1.807) is 19.6 Å². The van der Waals surface area contributed by atoms with Crippen LogP contribution in [0.15, 0.2) is 17.0 Å². The van der Waals surface area contributed by atoms with E-state index in [1.807, 2.05) is 0 Å². The number of rotatable bonds is 6. The fourth-order valence-corrected chi connectivity index (χ4v) is 1.43. The molecule has 0 spiro atoms. The number of hydrogen-bond donors (Lipinski definition) is 2. The lowest BCUT2D eigenvalue weighted by Gasteiger charge is -2.03. The Kier molecular flexibility index (Phi) is 3.84. The van der Waals surface area contributed by atoms with Crippen LogP contribution in [0.5, 0.6) is 0 Å². The maximum Gasteiger partial charge on any atom is 0.243 e. The van der Waals surface area contributed by atoms with E-state index in [9.17, 15) is 0 Å². The number of H-pyrrole nitrogens is 1. The summed E-state index contributed by atoms with van der Waals surface area (Å²) in [6.45, 7) is 0.564. The van der Waals surface area contributed by atoms with Crippen molar-refractivity contribution in [3.05, 3.63) is 29.9 Å². The molecular formula is C10H15N5O2. The summed E-state index contributed by atoms with van der Waals surface area (Å²) in [6.07, 6.45) is 4.55. The molecule has 2 aromatic heterocycles. The molecule has 92 valence electrons. The molecule has 3 N–H and O–H groups in total. The molecule has 0 aliphatic rings. The van der Waals surface area contributed by atoms with Crippen LogP contribution in [0, 0.1) is 0 Å². The van der Waals surface area contributed by atoms with Gasteiger partial charge >= 0.3 is 0 Å². The summed E-state index contributed by atoms with van der Waals surface area (Å²) >= 11 is 0. The van der Waals surface area contributed by atoms with Crippen LogP contribution in [-0.2, 0) is 17.6 Å². The Hall–Kier alpha value is -1.73. The Morgan fingerprint density at radius 2 is 2.47 bits per heavy atom. The van der Waals surface area contributed by atoms with Crippen LogP contribution in [0.1, 0.15) is 23.5 Å². The number of nitrogens with zero attached hydrogens (tertiary/aromatic N) is 3. The van der Waals surface area contributed by atoms with Gasteiger partial charge in [0.25, 0.3) is 0 Å². The number of aromatic nitrogens is 4. The second-order valence-electron chi connectivity index (χ2n) is 3.68. The van der Waals surface area contributed by atoms with Gasteiger partial charge in [-0.3, -0.25) is 0 Å².